The number of anilines is 2. The summed E-state index contributed by atoms with van der Waals surface area (Å²) < 4.78 is 6.88. The van der Waals surface area contributed by atoms with Gasteiger partial charge in [-0.3, -0.25) is 5.32 Å². The summed E-state index contributed by atoms with van der Waals surface area (Å²) in [6.45, 7) is 7.22. The Kier molecular flexibility index (Phi) is 5.22. The lowest BCUT2D eigenvalue weighted by atomic mass is 9.84. The van der Waals surface area contributed by atoms with E-state index in [1.54, 1.807) is 37.5 Å². The fraction of sp³-hybridized carbons (Fsp3) is 0.611. The van der Waals surface area contributed by atoms with E-state index in [2.05, 4.69) is 20.7 Å². The summed E-state index contributed by atoms with van der Waals surface area (Å²) in [7, 11) is 0. The number of fused-ring (bicyclic) bond motifs is 1. The fourth-order valence-electron chi connectivity index (χ4n) is 3.10. The van der Waals surface area contributed by atoms with Crippen LogP contribution in [0.15, 0.2) is 12.3 Å². The maximum Gasteiger partial charge on any atom is 0.413 e. The van der Waals surface area contributed by atoms with Crippen LogP contribution in [-0.2, 0) is 4.74 Å². The second kappa shape index (κ2) is 7.16. The van der Waals surface area contributed by atoms with Gasteiger partial charge < -0.3 is 15.2 Å². The van der Waals surface area contributed by atoms with Crippen LogP contribution in [0.5, 0.6) is 0 Å². The van der Waals surface area contributed by atoms with Gasteiger partial charge in [0.05, 0.1) is 10.6 Å². The molecule has 2 heterocycles. The van der Waals surface area contributed by atoms with Gasteiger partial charge in [0.2, 0.25) is 5.95 Å². The van der Waals surface area contributed by atoms with Gasteiger partial charge in [0.1, 0.15) is 11.1 Å². The van der Waals surface area contributed by atoms with Gasteiger partial charge in [-0.25, -0.2) is 9.31 Å². The fourth-order valence-corrected chi connectivity index (χ4v) is 3.33. The van der Waals surface area contributed by atoms with Crippen LogP contribution in [0.25, 0.3) is 5.52 Å². The van der Waals surface area contributed by atoms with E-state index in [1.807, 2.05) is 6.92 Å². The normalized spacial score (nSPS) is 23.3. The average Bonchev–Trinajstić information content (AvgIpc) is 2.89. The molecule has 8 nitrogen and oxygen atoms in total. The third-order valence-electron chi connectivity index (χ3n) is 4.48. The molecule has 0 saturated heterocycles. The number of rotatable bonds is 3. The highest BCUT2D eigenvalue weighted by Crippen LogP contribution is 2.30. The highest BCUT2D eigenvalue weighted by Gasteiger charge is 2.29. The Labute approximate surface area is 163 Å². The van der Waals surface area contributed by atoms with Crippen molar-refractivity contribution >= 4 is 35.0 Å². The first-order valence-electron chi connectivity index (χ1n) is 9.06. The van der Waals surface area contributed by atoms with Crippen molar-refractivity contribution < 1.29 is 14.6 Å². The van der Waals surface area contributed by atoms with Crippen LogP contribution in [0.4, 0.5) is 16.6 Å². The van der Waals surface area contributed by atoms with Gasteiger partial charge in [-0.05, 0) is 59.4 Å². The predicted octanol–water partition coefficient (Wildman–Crippen LogP) is 3.84. The van der Waals surface area contributed by atoms with Crippen LogP contribution >= 0.6 is 11.6 Å². The van der Waals surface area contributed by atoms with Crippen LogP contribution in [-0.4, -0.2) is 43.0 Å². The number of carbonyl (C=O) groups excluding carboxylic acids is 1. The summed E-state index contributed by atoms with van der Waals surface area (Å²) in [5, 5.41) is 20.9. The second-order valence-electron chi connectivity index (χ2n) is 8.28. The lowest BCUT2D eigenvalue weighted by molar-refractivity contribution is 0.0195. The number of carbonyl (C=O) groups is 1. The average molecular weight is 396 g/mol. The Morgan fingerprint density at radius 2 is 2.07 bits per heavy atom. The maximum absolute atomic E-state index is 12.2. The summed E-state index contributed by atoms with van der Waals surface area (Å²) >= 11 is 6.23. The van der Waals surface area contributed by atoms with Gasteiger partial charge in [0.15, 0.2) is 5.82 Å². The first-order chi connectivity index (χ1) is 12.5. The summed E-state index contributed by atoms with van der Waals surface area (Å²) in [5.74, 6) is 0.659. The monoisotopic (exact) mass is 395 g/mol. The van der Waals surface area contributed by atoms with Crippen LogP contribution in [0.3, 0.4) is 0 Å². The molecular weight excluding hydrogens is 370 g/mol. The van der Waals surface area contributed by atoms with E-state index < -0.39 is 17.3 Å². The lowest BCUT2D eigenvalue weighted by Crippen LogP contribution is -2.36. The summed E-state index contributed by atoms with van der Waals surface area (Å²) in [6, 6.07) is 1.84. The Hall–Kier alpha value is -2.06. The number of amides is 1. The number of ether oxygens (including phenoxy) is 1. The number of hydrogen-bond acceptors (Lipinski definition) is 6. The first-order valence-corrected chi connectivity index (χ1v) is 9.44. The highest BCUT2D eigenvalue weighted by molar-refractivity contribution is 6.34. The summed E-state index contributed by atoms with van der Waals surface area (Å²) in [4.78, 5) is 16.6. The maximum atomic E-state index is 12.2. The minimum atomic E-state index is -0.626. The number of nitrogens with zero attached hydrogens (tertiary/aromatic N) is 3. The molecule has 0 aliphatic heterocycles. The van der Waals surface area contributed by atoms with Crippen LogP contribution < -0.4 is 10.6 Å². The zero-order valence-electron chi connectivity index (χ0n) is 16.0. The van der Waals surface area contributed by atoms with Crippen molar-refractivity contribution in [2.45, 2.75) is 70.6 Å². The SMILES string of the molecule is CC1(O)CCC(Nc2nc(NC(=O)OC(C)(C)C)c3c(Cl)ccn3n2)CC1. The third kappa shape index (κ3) is 5.01. The van der Waals surface area contributed by atoms with E-state index in [4.69, 9.17) is 16.3 Å². The lowest BCUT2D eigenvalue weighted by Gasteiger charge is -2.33. The molecule has 0 aromatic carbocycles. The molecule has 1 amide bonds. The minimum absolute atomic E-state index is 0.156. The van der Waals surface area contributed by atoms with Gasteiger partial charge >= 0.3 is 6.09 Å². The summed E-state index contributed by atoms with van der Waals surface area (Å²) in [5.41, 5.74) is -0.737. The van der Waals surface area contributed by atoms with E-state index in [1.165, 1.54) is 0 Å². The van der Waals surface area contributed by atoms with Crippen LogP contribution in [0.2, 0.25) is 5.02 Å². The van der Waals surface area contributed by atoms with Crippen LogP contribution in [0, 0.1) is 0 Å². The molecule has 27 heavy (non-hydrogen) atoms. The van der Waals surface area contributed by atoms with E-state index in [9.17, 15) is 9.90 Å². The molecule has 148 valence electrons. The largest absolute Gasteiger partial charge is 0.444 e. The topological polar surface area (TPSA) is 101 Å². The molecule has 0 spiro atoms. The molecule has 9 heteroatoms. The van der Waals surface area contributed by atoms with E-state index in [0.717, 1.165) is 12.8 Å². The van der Waals surface area contributed by atoms with Gasteiger partial charge in [0, 0.05) is 12.2 Å². The van der Waals surface area contributed by atoms with Crippen molar-refractivity contribution in [3.05, 3.63) is 17.3 Å². The third-order valence-corrected chi connectivity index (χ3v) is 4.78. The molecule has 0 radical (unpaired) electrons. The van der Waals surface area contributed by atoms with E-state index in [0.29, 0.717) is 29.3 Å². The van der Waals surface area contributed by atoms with Crippen molar-refractivity contribution in [2.75, 3.05) is 10.6 Å². The molecule has 0 unspecified atom stereocenters. The van der Waals surface area contributed by atoms with Crippen molar-refractivity contribution in [2.24, 2.45) is 0 Å². The van der Waals surface area contributed by atoms with E-state index in [-0.39, 0.29) is 11.9 Å². The minimum Gasteiger partial charge on any atom is -0.444 e. The standard InChI is InChI=1S/C18H26ClN5O3/c1-17(2,3)27-16(25)22-14-13-12(19)7-10-24(13)23-15(21-14)20-11-5-8-18(4,26)9-6-11/h7,10-11,26H,5-6,8-9H2,1-4H3,(H2,20,21,22,23,25). The Morgan fingerprint density at radius 1 is 1.41 bits per heavy atom. The predicted molar refractivity (Wildman–Crippen MR) is 104 cm³/mol. The molecule has 2 aromatic heterocycles. The summed E-state index contributed by atoms with van der Waals surface area (Å²) in [6.07, 6.45) is 4.15. The van der Waals surface area contributed by atoms with Crippen molar-refractivity contribution in [1.29, 1.82) is 0 Å². The van der Waals surface area contributed by atoms with Crippen LogP contribution in [0.1, 0.15) is 53.4 Å². The van der Waals surface area contributed by atoms with Gasteiger partial charge in [-0.15, -0.1) is 5.10 Å². The Morgan fingerprint density at radius 3 is 2.70 bits per heavy atom. The molecular formula is C18H26ClN5O3. The van der Waals surface area contributed by atoms with Gasteiger partial charge in [0.25, 0.3) is 0 Å². The molecule has 3 rings (SSSR count). The second-order valence-corrected chi connectivity index (χ2v) is 8.69. The molecule has 0 atom stereocenters. The molecule has 1 aliphatic rings. The van der Waals surface area contributed by atoms with Gasteiger partial charge in [-0.2, -0.15) is 4.98 Å². The molecule has 0 bridgehead atoms. The first kappa shape index (κ1) is 19.7. The number of aromatic nitrogens is 3. The quantitative estimate of drug-likeness (QED) is 0.730. The molecule has 3 N–H and O–H groups in total. The highest BCUT2D eigenvalue weighted by atomic mass is 35.5. The zero-order chi connectivity index (χ0) is 19.8. The van der Waals surface area contributed by atoms with Crippen molar-refractivity contribution in [1.82, 2.24) is 14.6 Å². The molecule has 2 aromatic rings. The smallest absolute Gasteiger partial charge is 0.413 e. The number of aliphatic hydroxyl groups is 1. The molecule has 1 saturated carbocycles. The Bertz CT molecular complexity index is 833. The van der Waals surface area contributed by atoms with E-state index >= 15 is 0 Å². The number of nitrogens with one attached hydrogen (secondary N) is 2. The Balaban J connectivity index is 1.82. The molecule has 1 aliphatic carbocycles. The number of halogens is 1. The van der Waals surface area contributed by atoms with Crippen molar-refractivity contribution in [3.8, 4) is 0 Å². The van der Waals surface area contributed by atoms with Gasteiger partial charge in [-0.1, -0.05) is 11.6 Å². The number of hydrogen-bond donors (Lipinski definition) is 3. The van der Waals surface area contributed by atoms with Crippen molar-refractivity contribution in [3.63, 3.8) is 0 Å². The molecule has 1 fully saturated rings. The zero-order valence-corrected chi connectivity index (χ0v) is 16.8.